The lowest BCUT2D eigenvalue weighted by Gasteiger charge is -2.14. The van der Waals surface area contributed by atoms with Gasteiger partial charge >= 0.3 is 12.3 Å². The lowest BCUT2D eigenvalue weighted by molar-refractivity contribution is -0.276. The van der Waals surface area contributed by atoms with Crippen LogP contribution in [0.3, 0.4) is 0 Å². The van der Waals surface area contributed by atoms with Crippen LogP contribution in [0.1, 0.15) is 11.1 Å². The van der Waals surface area contributed by atoms with Crippen molar-refractivity contribution in [1.82, 2.24) is 4.98 Å². The molecule has 0 radical (unpaired) electrons. The number of carboxylic acid groups (broad SMARTS) is 1. The Labute approximate surface area is 118 Å². The van der Waals surface area contributed by atoms with Crippen LogP contribution in [0.2, 0.25) is 0 Å². The van der Waals surface area contributed by atoms with Gasteiger partial charge < -0.3 is 9.84 Å². The fraction of sp³-hybridized carbons (Fsp3) is 0.333. The highest BCUT2D eigenvalue weighted by molar-refractivity contribution is 14.1. The molecule has 0 spiro atoms. The molecule has 0 aliphatic heterocycles. The first kappa shape index (κ1) is 15.3. The fourth-order valence-electron chi connectivity index (χ4n) is 1.22. The van der Waals surface area contributed by atoms with Crippen LogP contribution in [0.25, 0.3) is 0 Å². The maximum Gasteiger partial charge on any atom is 0.574 e. The molecule has 0 atom stereocenters. The third-order valence-electron chi connectivity index (χ3n) is 1.88. The van der Waals surface area contributed by atoms with Crippen LogP contribution in [0.15, 0.2) is 6.20 Å². The predicted molar refractivity (Wildman–Crippen MR) is 64.5 cm³/mol. The molecule has 100 valence electrons. The second-order valence-corrected chi connectivity index (χ2v) is 4.55. The number of halogens is 5. The van der Waals surface area contributed by atoms with E-state index in [2.05, 4.69) is 9.72 Å². The van der Waals surface area contributed by atoms with Gasteiger partial charge in [0.1, 0.15) is 0 Å². The van der Waals surface area contributed by atoms with Crippen LogP contribution in [0.4, 0.5) is 13.2 Å². The molecule has 0 saturated heterocycles. The standard InChI is InChI=1S/C9H6ClF3INO3/c10-2-5-4(1-7(16)17)8(15-3-6(5)14)18-9(11,12)13/h3H,1-2H2,(H,16,17). The van der Waals surface area contributed by atoms with E-state index >= 15 is 0 Å². The Morgan fingerprint density at radius 1 is 1.50 bits per heavy atom. The second-order valence-electron chi connectivity index (χ2n) is 3.12. The first-order valence-electron chi connectivity index (χ1n) is 4.44. The average molecular weight is 396 g/mol. The van der Waals surface area contributed by atoms with Gasteiger partial charge in [0.15, 0.2) is 0 Å². The molecule has 0 bridgehead atoms. The Morgan fingerprint density at radius 2 is 2.11 bits per heavy atom. The highest BCUT2D eigenvalue weighted by Crippen LogP contribution is 2.30. The zero-order valence-corrected chi connectivity index (χ0v) is 11.5. The summed E-state index contributed by atoms with van der Waals surface area (Å²) in [6, 6.07) is 0. The van der Waals surface area contributed by atoms with E-state index < -0.39 is 24.6 Å². The molecule has 0 aliphatic carbocycles. The van der Waals surface area contributed by atoms with E-state index in [1.54, 1.807) is 0 Å². The van der Waals surface area contributed by atoms with E-state index in [1.807, 2.05) is 22.6 Å². The van der Waals surface area contributed by atoms with E-state index in [4.69, 9.17) is 16.7 Å². The number of pyridine rings is 1. The topological polar surface area (TPSA) is 59.4 Å². The van der Waals surface area contributed by atoms with E-state index in [0.717, 1.165) is 6.20 Å². The normalized spacial score (nSPS) is 11.4. The molecule has 1 aromatic rings. The van der Waals surface area contributed by atoms with Gasteiger partial charge in [-0.1, -0.05) is 0 Å². The first-order chi connectivity index (χ1) is 8.24. The first-order valence-corrected chi connectivity index (χ1v) is 6.05. The van der Waals surface area contributed by atoms with Crippen molar-refractivity contribution in [1.29, 1.82) is 0 Å². The van der Waals surface area contributed by atoms with Gasteiger partial charge in [0.2, 0.25) is 5.88 Å². The number of hydrogen-bond donors (Lipinski definition) is 1. The van der Waals surface area contributed by atoms with Gasteiger partial charge in [0.25, 0.3) is 0 Å². The monoisotopic (exact) mass is 395 g/mol. The molecule has 18 heavy (non-hydrogen) atoms. The third-order valence-corrected chi connectivity index (χ3v) is 3.08. The van der Waals surface area contributed by atoms with Crippen LogP contribution in [-0.4, -0.2) is 22.4 Å². The average Bonchev–Trinajstić information content (AvgIpc) is 2.20. The highest BCUT2D eigenvalue weighted by Gasteiger charge is 2.34. The zero-order valence-electron chi connectivity index (χ0n) is 8.59. The minimum atomic E-state index is -4.93. The van der Waals surface area contributed by atoms with E-state index in [-0.39, 0.29) is 17.0 Å². The number of aromatic nitrogens is 1. The quantitative estimate of drug-likeness (QED) is 0.629. The summed E-state index contributed by atoms with van der Waals surface area (Å²) < 4.78 is 40.6. The van der Waals surface area contributed by atoms with Gasteiger partial charge in [-0.05, 0) is 28.2 Å². The van der Waals surface area contributed by atoms with Crippen molar-refractivity contribution >= 4 is 40.2 Å². The summed E-state index contributed by atoms with van der Waals surface area (Å²) >= 11 is 7.41. The van der Waals surface area contributed by atoms with Crippen LogP contribution in [-0.2, 0) is 17.1 Å². The maximum atomic E-state index is 12.2. The lowest BCUT2D eigenvalue weighted by atomic mass is 10.1. The summed E-state index contributed by atoms with van der Waals surface area (Å²) in [6.45, 7) is 0. The molecule has 0 aliphatic rings. The van der Waals surface area contributed by atoms with Crippen LogP contribution in [0.5, 0.6) is 5.88 Å². The number of alkyl halides is 4. The number of ether oxygens (including phenoxy) is 1. The third kappa shape index (κ3) is 4.16. The number of rotatable bonds is 4. The second kappa shape index (κ2) is 5.91. The lowest BCUT2D eigenvalue weighted by Crippen LogP contribution is -2.20. The summed E-state index contributed by atoms with van der Waals surface area (Å²) in [6.07, 6.45) is -4.43. The van der Waals surface area contributed by atoms with Crippen molar-refractivity contribution in [2.75, 3.05) is 0 Å². The Kier molecular flexibility index (Phi) is 5.02. The van der Waals surface area contributed by atoms with Gasteiger partial charge in [-0.2, -0.15) is 0 Å². The molecule has 1 N–H and O–H groups in total. The predicted octanol–water partition coefficient (Wildman–Crippen LogP) is 2.95. The van der Waals surface area contributed by atoms with Crippen LogP contribution < -0.4 is 4.74 Å². The minimum Gasteiger partial charge on any atom is -0.481 e. The molecule has 0 amide bonds. The number of aliphatic carboxylic acids is 1. The minimum absolute atomic E-state index is 0.127. The van der Waals surface area contributed by atoms with Gasteiger partial charge in [-0.15, -0.1) is 24.8 Å². The van der Waals surface area contributed by atoms with Crippen molar-refractivity contribution < 1.29 is 27.8 Å². The maximum absolute atomic E-state index is 12.2. The molecule has 4 nitrogen and oxygen atoms in total. The highest BCUT2D eigenvalue weighted by atomic mass is 127. The Morgan fingerprint density at radius 3 is 2.56 bits per heavy atom. The molecule has 0 fully saturated rings. The number of nitrogens with zero attached hydrogens (tertiary/aromatic N) is 1. The fourth-order valence-corrected chi connectivity index (χ4v) is 2.41. The zero-order chi connectivity index (χ0) is 13.9. The molecule has 0 aromatic carbocycles. The van der Waals surface area contributed by atoms with Gasteiger partial charge in [0.05, 0.1) is 6.42 Å². The summed E-state index contributed by atoms with van der Waals surface area (Å²) in [5.74, 6) is -2.20. The van der Waals surface area contributed by atoms with E-state index in [1.165, 1.54) is 0 Å². The Balaban J connectivity index is 3.28. The van der Waals surface area contributed by atoms with E-state index in [0.29, 0.717) is 3.57 Å². The molecular weight excluding hydrogens is 389 g/mol. The van der Waals surface area contributed by atoms with Crippen molar-refractivity contribution in [2.24, 2.45) is 0 Å². The summed E-state index contributed by atoms with van der Waals surface area (Å²) in [7, 11) is 0. The smallest absolute Gasteiger partial charge is 0.481 e. The molecule has 0 unspecified atom stereocenters. The summed E-state index contributed by atoms with van der Waals surface area (Å²) in [4.78, 5) is 14.1. The summed E-state index contributed by atoms with van der Waals surface area (Å²) in [5.41, 5.74) is 0.107. The van der Waals surface area contributed by atoms with E-state index in [9.17, 15) is 18.0 Å². The summed E-state index contributed by atoms with van der Waals surface area (Å²) in [5, 5.41) is 8.69. The molecule has 1 aromatic heterocycles. The number of carbonyl (C=O) groups is 1. The van der Waals surface area contributed by atoms with Crippen molar-refractivity contribution in [3.05, 3.63) is 20.9 Å². The van der Waals surface area contributed by atoms with Gasteiger partial charge in [0, 0.05) is 21.2 Å². The van der Waals surface area contributed by atoms with Crippen LogP contribution >= 0.6 is 34.2 Å². The van der Waals surface area contributed by atoms with Gasteiger partial charge in [-0.25, -0.2) is 4.98 Å². The van der Waals surface area contributed by atoms with Crippen LogP contribution in [0, 0.1) is 3.57 Å². The number of carboxylic acids is 1. The number of hydrogen-bond acceptors (Lipinski definition) is 3. The van der Waals surface area contributed by atoms with Gasteiger partial charge in [-0.3, -0.25) is 4.79 Å². The Hall–Kier alpha value is -0.770. The van der Waals surface area contributed by atoms with Crippen molar-refractivity contribution in [3.63, 3.8) is 0 Å². The largest absolute Gasteiger partial charge is 0.574 e. The molecule has 9 heteroatoms. The Bertz CT molecular complexity index is 467. The molecule has 1 rings (SSSR count). The molecule has 0 saturated carbocycles. The SMILES string of the molecule is O=C(O)Cc1c(OC(F)(F)F)ncc(I)c1CCl. The van der Waals surface area contributed by atoms with Crippen molar-refractivity contribution in [3.8, 4) is 5.88 Å². The van der Waals surface area contributed by atoms with Crippen molar-refractivity contribution in [2.45, 2.75) is 18.7 Å². The molecule has 1 heterocycles. The molecular formula is C9H6ClF3INO3.